The molecule has 0 spiro atoms. The Balaban J connectivity index is 2.41. The van der Waals surface area contributed by atoms with Gasteiger partial charge in [0, 0.05) is 11.1 Å². The van der Waals surface area contributed by atoms with Gasteiger partial charge >= 0.3 is 0 Å². The van der Waals surface area contributed by atoms with E-state index in [1.165, 1.54) is 18.2 Å². The molecule has 1 aromatic rings. The molecule has 1 aliphatic rings. The van der Waals surface area contributed by atoms with Crippen LogP contribution in [-0.2, 0) is 25.7 Å². The van der Waals surface area contributed by atoms with Crippen LogP contribution in [-0.4, -0.2) is 37.4 Å². The van der Waals surface area contributed by atoms with E-state index in [9.17, 15) is 21.4 Å². The van der Waals surface area contributed by atoms with Crippen molar-refractivity contribution in [1.29, 1.82) is 0 Å². The Bertz CT molecular complexity index is 857. The summed E-state index contributed by atoms with van der Waals surface area (Å²) in [5.74, 6) is -0.368. The van der Waals surface area contributed by atoms with E-state index in [2.05, 4.69) is 4.99 Å². The molecule has 0 saturated heterocycles. The van der Waals surface area contributed by atoms with Gasteiger partial charge in [0.1, 0.15) is 0 Å². The van der Waals surface area contributed by atoms with Crippen LogP contribution in [0.25, 0.3) is 0 Å². The Labute approximate surface area is 135 Å². The average molecular weight is 361 g/mol. The first-order valence-electron chi connectivity index (χ1n) is 7.12. The number of nitrogens with zero attached hydrogens (tertiary/aromatic N) is 1. The van der Waals surface area contributed by atoms with Gasteiger partial charge in [-0.15, -0.1) is 0 Å². The summed E-state index contributed by atoms with van der Waals surface area (Å²) in [6.45, 7) is 3.77. The molecule has 0 fully saturated rings. The van der Waals surface area contributed by atoms with Gasteiger partial charge in [-0.3, -0.25) is 14.1 Å². The van der Waals surface area contributed by atoms with Gasteiger partial charge < -0.3 is 0 Å². The van der Waals surface area contributed by atoms with Crippen molar-refractivity contribution in [2.24, 2.45) is 4.99 Å². The summed E-state index contributed by atoms with van der Waals surface area (Å²) < 4.78 is 62.6. The third-order valence-corrected chi connectivity index (χ3v) is 5.82. The molecule has 0 amide bonds. The standard InChI is InChI=1S/C14H19NO6S2/c1-3-13-14(2,7-4-8-22(16,17)18)11-9-10(23(19,20)21)5-6-12(11)15-13/h5-6,9H,3-4,7-8H2,1-2H3,(H,16,17,18)(H,19,20,21). The van der Waals surface area contributed by atoms with Crippen LogP contribution in [0.15, 0.2) is 28.1 Å². The Morgan fingerprint density at radius 2 is 1.83 bits per heavy atom. The van der Waals surface area contributed by atoms with Gasteiger partial charge in [-0.05, 0) is 43.0 Å². The van der Waals surface area contributed by atoms with Gasteiger partial charge in [-0.2, -0.15) is 16.8 Å². The zero-order valence-electron chi connectivity index (χ0n) is 12.9. The number of hydrogen-bond acceptors (Lipinski definition) is 5. The molecule has 0 aromatic heterocycles. The second-order valence-electron chi connectivity index (χ2n) is 5.79. The molecule has 2 N–H and O–H groups in total. The Kier molecular flexibility index (Phi) is 4.69. The molecular formula is C14H19NO6S2. The zero-order valence-corrected chi connectivity index (χ0v) is 14.5. The summed E-state index contributed by atoms with van der Waals surface area (Å²) in [7, 11) is -8.38. The van der Waals surface area contributed by atoms with Crippen molar-refractivity contribution in [2.75, 3.05) is 5.75 Å². The molecule has 7 nitrogen and oxygen atoms in total. The van der Waals surface area contributed by atoms with Crippen molar-refractivity contribution < 1.29 is 25.9 Å². The van der Waals surface area contributed by atoms with Crippen LogP contribution in [0, 0.1) is 0 Å². The highest BCUT2D eigenvalue weighted by Crippen LogP contribution is 2.44. The number of hydrogen-bond donors (Lipinski definition) is 2. The first-order valence-corrected chi connectivity index (χ1v) is 10.2. The molecule has 0 bridgehead atoms. The summed E-state index contributed by atoms with van der Waals surface area (Å²) >= 11 is 0. The van der Waals surface area contributed by atoms with Crippen LogP contribution in [0.1, 0.15) is 38.7 Å². The van der Waals surface area contributed by atoms with Gasteiger partial charge in [-0.25, -0.2) is 0 Å². The van der Waals surface area contributed by atoms with Crippen LogP contribution in [0.3, 0.4) is 0 Å². The first kappa shape index (κ1) is 18.1. The number of aliphatic imine (C=N–C) groups is 1. The average Bonchev–Trinajstić information content (AvgIpc) is 2.69. The van der Waals surface area contributed by atoms with Crippen molar-refractivity contribution in [3.05, 3.63) is 23.8 Å². The van der Waals surface area contributed by atoms with E-state index in [4.69, 9.17) is 4.55 Å². The SMILES string of the molecule is CCC1=Nc2ccc(S(=O)(=O)O)cc2C1(C)CCCS(=O)(=O)O. The van der Waals surface area contributed by atoms with Crippen molar-refractivity contribution in [2.45, 2.75) is 43.4 Å². The van der Waals surface area contributed by atoms with Crippen molar-refractivity contribution in [3.8, 4) is 0 Å². The molecule has 2 rings (SSSR count). The smallest absolute Gasteiger partial charge is 0.286 e. The Morgan fingerprint density at radius 1 is 1.17 bits per heavy atom. The molecule has 1 aromatic carbocycles. The largest absolute Gasteiger partial charge is 0.294 e. The van der Waals surface area contributed by atoms with E-state index in [1.54, 1.807) is 0 Å². The fraction of sp³-hybridized carbons (Fsp3) is 0.500. The number of benzene rings is 1. The van der Waals surface area contributed by atoms with E-state index >= 15 is 0 Å². The maximum atomic E-state index is 11.3. The summed E-state index contributed by atoms with van der Waals surface area (Å²) in [4.78, 5) is 4.27. The fourth-order valence-electron chi connectivity index (χ4n) is 3.00. The third kappa shape index (κ3) is 3.79. The lowest BCUT2D eigenvalue weighted by atomic mass is 9.75. The normalized spacial score (nSPS) is 21.1. The molecule has 1 aliphatic heterocycles. The number of fused-ring (bicyclic) bond motifs is 1. The second kappa shape index (κ2) is 5.97. The maximum absolute atomic E-state index is 11.3. The van der Waals surface area contributed by atoms with Gasteiger partial charge in [-0.1, -0.05) is 13.8 Å². The first-order chi connectivity index (χ1) is 10.5. The highest BCUT2D eigenvalue weighted by atomic mass is 32.2. The minimum atomic E-state index is -4.33. The molecule has 1 heterocycles. The molecule has 23 heavy (non-hydrogen) atoms. The lowest BCUT2D eigenvalue weighted by Gasteiger charge is -2.27. The minimum absolute atomic E-state index is 0.212. The third-order valence-electron chi connectivity index (χ3n) is 4.17. The highest BCUT2D eigenvalue weighted by molar-refractivity contribution is 7.86. The Hall–Kier alpha value is -1.29. The zero-order chi connectivity index (χ0) is 17.5. The molecule has 0 aliphatic carbocycles. The van der Waals surface area contributed by atoms with Crippen LogP contribution in [0.4, 0.5) is 5.69 Å². The molecule has 1 unspecified atom stereocenters. The van der Waals surface area contributed by atoms with E-state index < -0.39 is 25.7 Å². The molecule has 128 valence electrons. The van der Waals surface area contributed by atoms with E-state index in [0.717, 1.165) is 5.71 Å². The lowest BCUT2D eigenvalue weighted by molar-refractivity contribution is 0.475. The summed E-state index contributed by atoms with van der Waals surface area (Å²) in [6.07, 6.45) is 1.23. The summed E-state index contributed by atoms with van der Waals surface area (Å²) in [5.41, 5.74) is 1.44. The predicted molar refractivity (Wildman–Crippen MR) is 86.6 cm³/mol. The van der Waals surface area contributed by atoms with E-state index in [-0.39, 0.29) is 17.1 Å². The van der Waals surface area contributed by atoms with Gasteiger partial charge in [0.15, 0.2) is 0 Å². The topological polar surface area (TPSA) is 121 Å². The van der Waals surface area contributed by atoms with E-state index in [0.29, 0.717) is 24.1 Å². The van der Waals surface area contributed by atoms with Crippen LogP contribution in [0.2, 0.25) is 0 Å². The van der Waals surface area contributed by atoms with Crippen LogP contribution in [0.5, 0.6) is 0 Å². The van der Waals surface area contributed by atoms with Gasteiger partial charge in [0.05, 0.1) is 16.3 Å². The Morgan fingerprint density at radius 3 is 2.35 bits per heavy atom. The molecular weight excluding hydrogens is 342 g/mol. The number of rotatable bonds is 6. The predicted octanol–water partition coefficient (Wildman–Crippen LogP) is 2.36. The maximum Gasteiger partial charge on any atom is 0.294 e. The fourth-order valence-corrected chi connectivity index (χ4v) is 4.01. The van der Waals surface area contributed by atoms with Crippen molar-refractivity contribution in [1.82, 2.24) is 0 Å². The minimum Gasteiger partial charge on any atom is -0.286 e. The van der Waals surface area contributed by atoms with Gasteiger partial charge in [0.25, 0.3) is 20.2 Å². The van der Waals surface area contributed by atoms with E-state index in [1.807, 2.05) is 13.8 Å². The summed E-state index contributed by atoms with van der Waals surface area (Å²) in [5, 5.41) is 0. The van der Waals surface area contributed by atoms with Crippen LogP contribution >= 0.6 is 0 Å². The monoisotopic (exact) mass is 361 g/mol. The molecule has 1 atom stereocenters. The lowest BCUT2D eigenvalue weighted by Crippen LogP contribution is -2.30. The van der Waals surface area contributed by atoms with Crippen molar-refractivity contribution in [3.63, 3.8) is 0 Å². The van der Waals surface area contributed by atoms with Crippen molar-refractivity contribution >= 4 is 31.6 Å². The molecule has 0 radical (unpaired) electrons. The second-order valence-corrected chi connectivity index (χ2v) is 8.78. The summed E-state index contributed by atoms with van der Waals surface area (Å²) in [6, 6.07) is 4.20. The highest BCUT2D eigenvalue weighted by Gasteiger charge is 2.38. The quantitative estimate of drug-likeness (QED) is 0.750. The van der Waals surface area contributed by atoms with Gasteiger partial charge in [0.2, 0.25) is 0 Å². The van der Waals surface area contributed by atoms with Crippen LogP contribution < -0.4 is 0 Å². The molecule has 0 saturated carbocycles. The molecule has 9 heteroatoms.